The highest BCUT2D eigenvalue weighted by molar-refractivity contribution is 4.85. The molecule has 1 nitrogen and oxygen atoms in total. The van der Waals surface area contributed by atoms with Crippen LogP contribution in [0.5, 0.6) is 0 Å². The first-order chi connectivity index (χ1) is 6.00. The molecule has 0 N–H and O–H groups in total. The highest BCUT2D eigenvalue weighted by atomic mass is 15.2. The van der Waals surface area contributed by atoms with E-state index in [1.54, 1.807) is 0 Å². The van der Waals surface area contributed by atoms with Crippen LogP contribution in [0.15, 0.2) is 0 Å². The third kappa shape index (κ3) is 2.98. The van der Waals surface area contributed by atoms with Crippen LogP contribution in [0.25, 0.3) is 0 Å². The molecule has 1 aliphatic heterocycles. The van der Waals surface area contributed by atoms with E-state index in [0.29, 0.717) is 0 Å². The predicted octanol–water partition coefficient (Wildman–Crippen LogP) is 3.01. The lowest BCUT2D eigenvalue weighted by Gasteiger charge is -2.45. The lowest BCUT2D eigenvalue weighted by atomic mass is 9.88. The van der Waals surface area contributed by atoms with E-state index in [1.807, 2.05) is 0 Å². The molecule has 1 heteroatoms. The van der Waals surface area contributed by atoms with Gasteiger partial charge in [0.1, 0.15) is 0 Å². The Hall–Kier alpha value is -0.0400. The van der Waals surface area contributed by atoms with Gasteiger partial charge in [0.05, 0.1) is 0 Å². The van der Waals surface area contributed by atoms with Gasteiger partial charge in [-0.15, -0.1) is 0 Å². The summed E-state index contributed by atoms with van der Waals surface area (Å²) in [6, 6.07) is 0.830. The molecule has 0 aromatic rings. The molecule has 1 fully saturated rings. The van der Waals surface area contributed by atoms with Gasteiger partial charge in [0.15, 0.2) is 0 Å². The lowest BCUT2D eigenvalue weighted by Crippen LogP contribution is -2.53. The third-order valence-corrected chi connectivity index (χ3v) is 3.04. The summed E-state index contributed by atoms with van der Waals surface area (Å²) in [5.41, 5.74) is 0. The summed E-state index contributed by atoms with van der Waals surface area (Å²) in [5.74, 6) is 2.59. The van der Waals surface area contributed by atoms with Crippen LogP contribution in [0, 0.1) is 17.8 Å². The summed E-state index contributed by atoms with van der Waals surface area (Å²) >= 11 is 0. The van der Waals surface area contributed by atoms with Gasteiger partial charge >= 0.3 is 0 Å². The molecule has 13 heavy (non-hydrogen) atoms. The molecular weight excluding hydrogens is 158 g/mol. The van der Waals surface area contributed by atoms with Crippen LogP contribution in [-0.4, -0.2) is 24.0 Å². The van der Waals surface area contributed by atoms with Crippen LogP contribution in [0.4, 0.5) is 0 Å². The fourth-order valence-electron chi connectivity index (χ4n) is 2.34. The minimum absolute atomic E-state index is 0.815. The number of likely N-dealkylation sites (tertiary alicyclic amines) is 1. The second-order valence-corrected chi connectivity index (χ2v) is 5.50. The minimum Gasteiger partial charge on any atom is -0.299 e. The summed E-state index contributed by atoms with van der Waals surface area (Å²) < 4.78 is 0. The maximum atomic E-state index is 2.66. The van der Waals surface area contributed by atoms with Crippen LogP contribution in [0.3, 0.4) is 0 Å². The average molecular weight is 183 g/mol. The van der Waals surface area contributed by atoms with Crippen LogP contribution in [0.1, 0.15) is 41.0 Å². The Morgan fingerprint density at radius 1 is 1.15 bits per heavy atom. The largest absolute Gasteiger partial charge is 0.299 e. The van der Waals surface area contributed by atoms with Crippen molar-refractivity contribution in [2.24, 2.45) is 17.8 Å². The van der Waals surface area contributed by atoms with E-state index in [1.165, 1.54) is 19.5 Å². The van der Waals surface area contributed by atoms with E-state index in [9.17, 15) is 0 Å². The van der Waals surface area contributed by atoms with Gasteiger partial charge in [-0.2, -0.15) is 0 Å². The molecule has 0 aromatic heterocycles. The zero-order valence-corrected chi connectivity index (χ0v) is 9.88. The fourth-order valence-corrected chi connectivity index (χ4v) is 2.34. The van der Waals surface area contributed by atoms with E-state index >= 15 is 0 Å². The molecule has 1 heterocycles. The van der Waals surface area contributed by atoms with Crippen molar-refractivity contribution in [2.75, 3.05) is 13.1 Å². The summed E-state index contributed by atoms with van der Waals surface area (Å²) in [6.45, 7) is 14.4. The molecule has 0 aromatic carbocycles. The molecule has 0 bridgehead atoms. The minimum atomic E-state index is 0.815. The van der Waals surface area contributed by atoms with Crippen molar-refractivity contribution < 1.29 is 0 Å². The van der Waals surface area contributed by atoms with Crippen molar-refractivity contribution >= 4 is 0 Å². The first-order valence-corrected chi connectivity index (χ1v) is 5.74. The average Bonchev–Trinajstić information content (AvgIpc) is 1.94. The van der Waals surface area contributed by atoms with Crippen molar-refractivity contribution in [1.29, 1.82) is 0 Å². The van der Waals surface area contributed by atoms with Gasteiger partial charge in [0.2, 0.25) is 0 Å². The first kappa shape index (κ1) is 11.0. The van der Waals surface area contributed by atoms with Crippen LogP contribution >= 0.6 is 0 Å². The number of rotatable bonds is 4. The Balaban J connectivity index is 2.39. The summed E-state index contributed by atoms with van der Waals surface area (Å²) in [6.07, 6.45) is 1.37. The molecule has 0 saturated carbocycles. The van der Waals surface area contributed by atoms with E-state index in [-0.39, 0.29) is 0 Å². The van der Waals surface area contributed by atoms with Gasteiger partial charge in [-0.05, 0) is 24.2 Å². The van der Waals surface area contributed by atoms with Gasteiger partial charge in [0.25, 0.3) is 0 Å². The molecule has 0 spiro atoms. The molecule has 1 atom stereocenters. The zero-order chi connectivity index (χ0) is 10.0. The van der Waals surface area contributed by atoms with Gasteiger partial charge < -0.3 is 0 Å². The van der Waals surface area contributed by atoms with Gasteiger partial charge in [-0.25, -0.2) is 0 Å². The number of hydrogen-bond donors (Lipinski definition) is 0. The van der Waals surface area contributed by atoms with Crippen molar-refractivity contribution in [2.45, 2.75) is 47.1 Å². The highest BCUT2D eigenvalue weighted by Gasteiger charge is 2.31. The van der Waals surface area contributed by atoms with Crippen LogP contribution in [-0.2, 0) is 0 Å². The molecule has 0 amide bonds. The zero-order valence-electron chi connectivity index (χ0n) is 9.88. The highest BCUT2D eigenvalue weighted by Crippen LogP contribution is 2.26. The van der Waals surface area contributed by atoms with E-state index < -0.39 is 0 Å². The quantitative estimate of drug-likeness (QED) is 0.647. The molecule has 0 radical (unpaired) electrons. The summed E-state index contributed by atoms with van der Waals surface area (Å²) in [7, 11) is 0. The first-order valence-electron chi connectivity index (χ1n) is 5.74. The van der Waals surface area contributed by atoms with E-state index in [2.05, 4.69) is 39.5 Å². The Morgan fingerprint density at radius 3 is 2.00 bits per heavy atom. The predicted molar refractivity (Wildman–Crippen MR) is 58.8 cm³/mol. The van der Waals surface area contributed by atoms with E-state index in [0.717, 1.165) is 23.8 Å². The molecule has 1 saturated heterocycles. The van der Waals surface area contributed by atoms with Gasteiger partial charge in [0, 0.05) is 19.1 Å². The molecule has 0 aliphatic carbocycles. The van der Waals surface area contributed by atoms with Gasteiger partial charge in [-0.3, -0.25) is 4.90 Å². The summed E-state index contributed by atoms with van der Waals surface area (Å²) in [5, 5.41) is 0. The van der Waals surface area contributed by atoms with Crippen molar-refractivity contribution in [3.63, 3.8) is 0 Å². The van der Waals surface area contributed by atoms with Crippen LogP contribution < -0.4 is 0 Å². The normalized spacial score (nSPS) is 22.4. The smallest absolute Gasteiger partial charge is 0.0121 e. The van der Waals surface area contributed by atoms with Gasteiger partial charge in [-0.1, -0.05) is 34.6 Å². The summed E-state index contributed by atoms with van der Waals surface area (Å²) in [4.78, 5) is 2.66. The van der Waals surface area contributed by atoms with Crippen LogP contribution in [0.2, 0.25) is 0 Å². The van der Waals surface area contributed by atoms with Crippen molar-refractivity contribution in [3.05, 3.63) is 0 Å². The number of hydrogen-bond acceptors (Lipinski definition) is 1. The number of nitrogens with zero attached hydrogens (tertiary/aromatic N) is 1. The topological polar surface area (TPSA) is 3.24 Å². The molecule has 78 valence electrons. The van der Waals surface area contributed by atoms with E-state index in [4.69, 9.17) is 0 Å². The van der Waals surface area contributed by atoms with Crippen molar-refractivity contribution in [1.82, 2.24) is 4.90 Å². The second-order valence-electron chi connectivity index (χ2n) is 5.50. The maximum absolute atomic E-state index is 2.66. The maximum Gasteiger partial charge on any atom is 0.0121 e. The lowest BCUT2D eigenvalue weighted by molar-refractivity contribution is 0.0296. The Bertz CT molecular complexity index is 145. The third-order valence-electron chi connectivity index (χ3n) is 3.04. The molecule has 1 rings (SSSR count). The molecule has 1 aliphatic rings. The SMILES string of the molecule is CC(C)CC(C(C)C)N1CC(C)C1. The molecular formula is C12H25N. The van der Waals surface area contributed by atoms with Crippen molar-refractivity contribution in [3.8, 4) is 0 Å². The Labute approximate surface area is 83.5 Å². The fraction of sp³-hybridized carbons (Fsp3) is 1.00. The Morgan fingerprint density at radius 2 is 1.69 bits per heavy atom. The monoisotopic (exact) mass is 183 g/mol. The Kier molecular flexibility index (Phi) is 3.78. The standard InChI is InChI=1S/C12H25N/c1-9(2)6-12(10(3)4)13-7-11(5)8-13/h9-12H,6-8H2,1-5H3. The second kappa shape index (κ2) is 4.45. The molecule has 1 unspecified atom stereocenters.